The molecule has 24 heavy (non-hydrogen) atoms. The maximum Gasteiger partial charge on any atom is 0.273 e. The van der Waals surface area contributed by atoms with Crippen LogP contribution in [-0.2, 0) is 6.54 Å². The molecule has 5 nitrogen and oxygen atoms in total. The Kier molecular flexibility index (Phi) is 6.34. The fourth-order valence-corrected chi connectivity index (χ4v) is 2.58. The van der Waals surface area contributed by atoms with E-state index in [9.17, 15) is 9.18 Å². The van der Waals surface area contributed by atoms with Gasteiger partial charge in [-0.2, -0.15) is 5.10 Å². The first-order valence-electron chi connectivity index (χ1n) is 7.84. The number of halogens is 2. The first-order chi connectivity index (χ1) is 11.4. The average Bonchev–Trinajstić information content (AvgIpc) is 2.93. The number of nitrogens with one attached hydrogen (secondary N) is 1. The molecule has 1 amide bonds. The van der Waals surface area contributed by atoms with Gasteiger partial charge in [0, 0.05) is 12.7 Å². The van der Waals surface area contributed by atoms with Crippen molar-refractivity contribution in [3.05, 3.63) is 52.6 Å². The van der Waals surface area contributed by atoms with Crippen LogP contribution in [0.25, 0.3) is 0 Å². The first-order valence-corrected chi connectivity index (χ1v) is 8.22. The molecule has 0 saturated heterocycles. The second-order valence-corrected chi connectivity index (χ2v) is 6.26. The fourth-order valence-electron chi connectivity index (χ4n) is 2.34. The fraction of sp³-hybridized carbons (Fsp3) is 0.412. The summed E-state index contributed by atoms with van der Waals surface area (Å²) in [6.45, 7) is 3.33. The lowest BCUT2D eigenvalue weighted by molar-refractivity contribution is 0.0927. The molecule has 0 bridgehead atoms. The van der Waals surface area contributed by atoms with E-state index in [0.29, 0.717) is 18.0 Å². The third-order valence-electron chi connectivity index (χ3n) is 3.70. The van der Waals surface area contributed by atoms with Gasteiger partial charge in [-0.05, 0) is 51.7 Å². The molecule has 1 heterocycles. The zero-order chi connectivity index (χ0) is 17.7. The van der Waals surface area contributed by atoms with Crippen LogP contribution in [0.5, 0.6) is 0 Å². The number of benzene rings is 1. The molecule has 0 fully saturated rings. The average molecular weight is 353 g/mol. The number of rotatable bonds is 7. The van der Waals surface area contributed by atoms with Gasteiger partial charge in [-0.25, -0.2) is 4.39 Å². The van der Waals surface area contributed by atoms with Gasteiger partial charge in [0.1, 0.15) is 5.82 Å². The summed E-state index contributed by atoms with van der Waals surface area (Å²) in [7, 11) is 3.92. The molecule has 0 aliphatic carbocycles. The lowest BCUT2D eigenvalue weighted by atomic mass is 10.0. The molecule has 1 atom stereocenters. The van der Waals surface area contributed by atoms with Crippen LogP contribution in [-0.4, -0.2) is 41.2 Å². The minimum Gasteiger partial charge on any atom is -0.344 e. The molecule has 7 heteroatoms. The lowest BCUT2D eigenvalue weighted by Crippen LogP contribution is -2.31. The monoisotopic (exact) mass is 352 g/mol. The summed E-state index contributed by atoms with van der Waals surface area (Å²) in [4.78, 5) is 14.6. The van der Waals surface area contributed by atoms with Crippen molar-refractivity contribution < 1.29 is 9.18 Å². The number of aryl methyl sites for hydroxylation is 1. The summed E-state index contributed by atoms with van der Waals surface area (Å²) in [6.07, 6.45) is 2.32. The van der Waals surface area contributed by atoms with E-state index in [1.54, 1.807) is 23.0 Å². The van der Waals surface area contributed by atoms with E-state index in [0.717, 1.165) is 12.1 Å². The van der Waals surface area contributed by atoms with Crippen molar-refractivity contribution in [2.45, 2.75) is 25.9 Å². The summed E-state index contributed by atoms with van der Waals surface area (Å²) < 4.78 is 14.8. The summed E-state index contributed by atoms with van der Waals surface area (Å²) in [6, 6.07) is 5.90. The van der Waals surface area contributed by atoms with Crippen LogP contribution in [0, 0.1) is 5.82 Å². The van der Waals surface area contributed by atoms with E-state index < -0.39 is 0 Å². The Morgan fingerprint density at radius 1 is 1.38 bits per heavy atom. The number of amides is 1. The van der Waals surface area contributed by atoms with E-state index in [1.807, 2.05) is 25.9 Å². The Morgan fingerprint density at radius 2 is 2.04 bits per heavy atom. The molecule has 2 rings (SSSR count). The molecular weight excluding hydrogens is 331 g/mol. The quantitative estimate of drug-likeness (QED) is 0.833. The molecule has 0 spiro atoms. The van der Waals surface area contributed by atoms with Crippen molar-refractivity contribution in [3.63, 3.8) is 0 Å². The molecule has 2 aromatic rings. The van der Waals surface area contributed by atoms with Gasteiger partial charge in [-0.1, -0.05) is 23.7 Å². The Bertz CT molecular complexity index is 684. The molecule has 0 radical (unpaired) electrons. The van der Waals surface area contributed by atoms with Crippen molar-refractivity contribution in [3.8, 4) is 0 Å². The van der Waals surface area contributed by atoms with E-state index in [-0.39, 0.29) is 23.5 Å². The summed E-state index contributed by atoms with van der Waals surface area (Å²) >= 11 is 6.09. The van der Waals surface area contributed by atoms with E-state index in [1.165, 1.54) is 12.1 Å². The van der Waals surface area contributed by atoms with Crippen LogP contribution < -0.4 is 5.32 Å². The van der Waals surface area contributed by atoms with Gasteiger partial charge in [0.15, 0.2) is 5.69 Å². The van der Waals surface area contributed by atoms with Crippen molar-refractivity contribution in [2.24, 2.45) is 0 Å². The highest BCUT2D eigenvalue weighted by molar-refractivity contribution is 6.33. The Hall–Kier alpha value is -1.92. The molecular formula is C17H22ClFN4O. The van der Waals surface area contributed by atoms with Gasteiger partial charge in [0.05, 0.1) is 11.1 Å². The zero-order valence-electron chi connectivity index (χ0n) is 14.1. The SMILES string of the molecule is CCn1cc(Cl)c(C(=O)NC(CCN(C)C)c2ccc(F)cc2)n1. The van der Waals surface area contributed by atoms with Gasteiger partial charge >= 0.3 is 0 Å². The second-order valence-electron chi connectivity index (χ2n) is 5.85. The maximum atomic E-state index is 13.2. The third kappa shape index (κ3) is 4.79. The minimum absolute atomic E-state index is 0.204. The van der Waals surface area contributed by atoms with Gasteiger partial charge in [-0.15, -0.1) is 0 Å². The van der Waals surface area contributed by atoms with Crippen molar-refractivity contribution in [1.82, 2.24) is 20.0 Å². The summed E-state index contributed by atoms with van der Waals surface area (Å²) in [5.41, 5.74) is 1.05. The van der Waals surface area contributed by atoms with Crippen LogP contribution in [0.4, 0.5) is 4.39 Å². The number of aromatic nitrogens is 2. The Balaban J connectivity index is 2.18. The minimum atomic E-state index is -0.333. The van der Waals surface area contributed by atoms with Crippen LogP contribution in [0.2, 0.25) is 5.02 Å². The molecule has 0 saturated carbocycles. The van der Waals surface area contributed by atoms with Gasteiger partial charge in [-0.3, -0.25) is 9.48 Å². The van der Waals surface area contributed by atoms with Crippen molar-refractivity contribution >= 4 is 17.5 Å². The normalized spacial score (nSPS) is 12.4. The number of hydrogen-bond donors (Lipinski definition) is 1. The standard InChI is InChI=1S/C17H22ClFN4O/c1-4-23-11-14(18)16(21-23)17(24)20-15(9-10-22(2)3)12-5-7-13(19)8-6-12/h5-8,11,15H,4,9-10H2,1-3H3,(H,20,24). The number of carbonyl (C=O) groups is 1. The molecule has 130 valence electrons. The Morgan fingerprint density at radius 3 is 2.58 bits per heavy atom. The number of carbonyl (C=O) groups excluding carboxylic acids is 1. The maximum absolute atomic E-state index is 13.2. The van der Waals surface area contributed by atoms with Crippen LogP contribution in [0.3, 0.4) is 0 Å². The summed E-state index contributed by atoms with van der Waals surface area (Å²) in [5, 5.41) is 7.46. The summed E-state index contributed by atoms with van der Waals surface area (Å²) in [5.74, 6) is -0.638. The molecule has 0 aliphatic heterocycles. The molecule has 0 aliphatic rings. The number of nitrogens with zero attached hydrogens (tertiary/aromatic N) is 3. The van der Waals surface area contributed by atoms with Crippen molar-refractivity contribution in [2.75, 3.05) is 20.6 Å². The van der Waals surface area contributed by atoms with Gasteiger partial charge < -0.3 is 10.2 Å². The predicted molar refractivity (Wildman–Crippen MR) is 92.7 cm³/mol. The van der Waals surface area contributed by atoms with Gasteiger partial charge in [0.2, 0.25) is 0 Å². The Labute approximate surface area is 146 Å². The zero-order valence-corrected chi connectivity index (χ0v) is 14.8. The van der Waals surface area contributed by atoms with E-state index in [2.05, 4.69) is 10.4 Å². The van der Waals surface area contributed by atoms with Crippen LogP contribution in [0.1, 0.15) is 35.4 Å². The highest BCUT2D eigenvalue weighted by atomic mass is 35.5. The molecule has 1 aromatic carbocycles. The topological polar surface area (TPSA) is 50.2 Å². The highest BCUT2D eigenvalue weighted by Crippen LogP contribution is 2.20. The lowest BCUT2D eigenvalue weighted by Gasteiger charge is -2.21. The smallest absolute Gasteiger partial charge is 0.273 e. The third-order valence-corrected chi connectivity index (χ3v) is 3.98. The van der Waals surface area contributed by atoms with Crippen LogP contribution in [0.15, 0.2) is 30.5 Å². The van der Waals surface area contributed by atoms with E-state index >= 15 is 0 Å². The number of hydrogen-bond acceptors (Lipinski definition) is 3. The molecule has 1 N–H and O–H groups in total. The van der Waals surface area contributed by atoms with E-state index in [4.69, 9.17) is 11.6 Å². The van der Waals surface area contributed by atoms with Crippen LogP contribution >= 0.6 is 11.6 Å². The first kappa shape index (κ1) is 18.4. The molecule has 1 aromatic heterocycles. The predicted octanol–water partition coefficient (Wildman–Crippen LogP) is 3.12. The largest absolute Gasteiger partial charge is 0.344 e. The molecule has 1 unspecified atom stereocenters. The second kappa shape index (κ2) is 8.26. The van der Waals surface area contributed by atoms with Crippen molar-refractivity contribution in [1.29, 1.82) is 0 Å². The van der Waals surface area contributed by atoms with Gasteiger partial charge in [0.25, 0.3) is 5.91 Å². The highest BCUT2D eigenvalue weighted by Gasteiger charge is 2.20.